The number of hydrogen-bond donors (Lipinski definition) is 2. The van der Waals surface area contributed by atoms with Crippen LogP contribution >= 0.6 is 11.6 Å². The number of hydrogen-bond acceptors (Lipinski definition) is 5. The highest BCUT2D eigenvalue weighted by molar-refractivity contribution is 6.30. The molecule has 0 aliphatic heterocycles. The first-order valence-corrected chi connectivity index (χ1v) is 11.2. The number of aromatic carboxylic acids is 1. The van der Waals surface area contributed by atoms with Crippen LogP contribution in [-0.4, -0.2) is 47.7 Å². The molecule has 3 rings (SSSR count). The number of rotatable bonds is 10. The summed E-state index contributed by atoms with van der Waals surface area (Å²) in [5.74, 6) is -1.72. The van der Waals surface area contributed by atoms with Gasteiger partial charge in [-0.2, -0.15) is 0 Å². The molecule has 2 aromatic carbocycles. The molecule has 0 amide bonds. The van der Waals surface area contributed by atoms with Crippen molar-refractivity contribution in [1.29, 1.82) is 0 Å². The maximum Gasteiger partial charge on any atom is 0.341 e. The molecule has 0 bridgehead atoms. The molecule has 3 aromatic rings. The summed E-state index contributed by atoms with van der Waals surface area (Å²) >= 11 is 5.92. The van der Waals surface area contributed by atoms with E-state index in [9.17, 15) is 24.2 Å². The number of aliphatic hydroxyl groups excluding tert-OH is 1. The second kappa shape index (κ2) is 11.0. The highest BCUT2D eigenvalue weighted by Crippen LogP contribution is 2.32. The van der Waals surface area contributed by atoms with Crippen molar-refractivity contribution >= 4 is 28.5 Å². The molecule has 182 valence electrons. The van der Waals surface area contributed by atoms with E-state index in [1.165, 1.54) is 19.4 Å². The van der Waals surface area contributed by atoms with E-state index in [2.05, 4.69) is 0 Å². The van der Waals surface area contributed by atoms with Crippen LogP contribution in [0.4, 0.5) is 4.39 Å². The molecule has 7 nitrogen and oxygen atoms in total. The number of carbonyl (C=O) groups is 1. The molecule has 1 heterocycles. The molecule has 9 heteroatoms. The molecule has 1 atom stereocenters. The normalized spacial score (nSPS) is 12.3. The van der Waals surface area contributed by atoms with Crippen LogP contribution in [-0.2, 0) is 11.2 Å². The number of pyridine rings is 1. The van der Waals surface area contributed by atoms with E-state index in [1.807, 2.05) is 13.8 Å². The molecule has 0 aliphatic carbocycles. The van der Waals surface area contributed by atoms with Crippen LogP contribution < -0.4 is 10.2 Å². The van der Waals surface area contributed by atoms with Crippen LogP contribution in [0.5, 0.6) is 5.75 Å². The third kappa shape index (κ3) is 5.24. The monoisotopic (exact) mass is 491 g/mol. The molecule has 34 heavy (non-hydrogen) atoms. The second-order valence-corrected chi connectivity index (χ2v) is 8.71. The predicted octanol–water partition coefficient (Wildman–Crippen LogP) is 4.30. The van der Waals surface area contributed by atoms with E-state index in [1.54, 1.807) is 28.8 Å². The van der Waals surface area contributed by atoms with E-state index in [4.69, 9.17) is 21.1 Å². The third-order valence-electron chi connectivity index (χ3n) is 5.67. The van der Waals surface area contributed by atoms with Gasteiger partial charge in [0, 0.05) is 19.7 Å². The zero-order valence-electron chi connectivity index (χ0n) is 19.2. The Morgan fingerprint density at radius 3 is 2.59 bits per heavy atom. The Hall–Kier alpha value is -2.94. The van der Waals surface area contributed by atoms with Gasteiger partial charge in [-0.3, -0.25) is 4.79 Å². The number of benzene rings is 2. The Kier molecular flexibility index (Phi) is 8.30. The number of fused-ring (bicyclic) bond motifs is 1. The van der Waals surface area contributed by atoms with E-state index >= 15 is 0 Å². The van der Waals surface area contributed by atoms with Crippen LogP contribution in [0.25, 0.3) is 10.9 Å². The summed E-state index contributed by atoms with van der Waals surface area (Å²) in [6, 6.07) is 7.37. The standard InChI is InChI=1S/C25H27ClFNO6/c1-14(2)20(13-29)28-12-18(25(31)32)24(30)17-10-15(9-16-5-4-6-19(26)22(16)27)11-21(23(17)28)34-8-7-33-3/h4-6,10-12,14,20,29H,7-9,13H2,1-3H3,(H,31,32)/t20-/m1/s1. The van der Waals surface area contributed by atoms with Crippen molar-refractivity contribution in [3.63, 3.8) is 0 Å². The van der Waals surface area contributed by atoms with Crippen LogP contribution in [0.15, 0.2) is 41.3 Å². The number of carboxylic acids is 1. The molecule has 0 saturated heterocycles. The van der Waals surface area contributed by atoms with Gasteiger partial charge in [0.15, 0.2) is 0 Å². The van der Waals surface area contributed by atoms with Gasteiger partial charge in [0.2, 0.25) is 5.43 Å². The molecule has 0 fully saturated rings. The van der Waals surface area contributed by atoms with E-state index in [0.29, 0.717) is 22.4 Å². The fourth-order valence-electron chi connectivity index (χ4n) is 3.90. The van der Waals surface area contributed by atoms with Gasteiger partial charge < -0.3 is 24.3 Å². The highest BCUT2D eigenvalue weighted by Gasteiger charge is 2.24. The number of nitrogens with zero attached hydrogens (tertiary/aromatic N) is 1. The first kappa shape index (κ1) is 25.7. The van der Waals surface area contributed by atoms with Gasteiger partial charge >= 0.3 is 5.97 Å². The van der Waals surface area contributed by atoms with Gasteiger partial charge in [-0.25, -0.2) is 9.18 Å². The second-order valence-electron chi connectivity index (χ2n) is 8.30. The summed E-state index contributed by atoms with van der Waals surface area (Å²) in [7, 11) is 1.52. The number of halogens is 2. The lowest BCUT2D eigenvalue weighted by molar-refractivity contribution is 0.0694. The fourth-order valence-corrected chi connectivity index (χ4v) is 4.09. The summed E-state index contributed by atoms with van der Waals surface area (Å²) < 4.78 is 27.1. The predicted molar refractivity (Wildman–Crippen MR) is 128 cm³/mol. The van der Waals surface area contributed by atoms with Gasteiger partial charge in [0.05, 0.1) is 35.2 Å². The average molecular weight is 492 g/mol. The molecule has 1 aromatic heterocycles. The summed E-state index contributed by atoms with van der Waals surface area (Å²) in [6.45, 7) is 3.93. The molecule has 2 N–H and O–H groups in total. The Balaban J connectivity index is 2.33. The van der Waals surface area contributed by atoms with E-state index in [-0.39, 0.29) is 42.6 Å². The first-order valence-electron chi connectivity index (χ1n) is 10.8. The van der Waals surface area contributed by atoms with Crippen molar-refractivity contribution in [3.05, 3.63) is 74.3 Å². The first-order chi connectivity index (χ1) is 16.2. The Bertz CT molecular complexity index is 1260. The lowest BCUT2D eigenvalue weighted by Crippen LogP contribution is -2.26. The number of aromatic nitrogens is 1. The van der Waals surface area contributed by atoms with Crippen molar-refractivity contribution in [3.8, 4) is 5.75 Å². The zero-order valence-corrected chi connectivity index (χ0v) is 19.9. The molecular formula is C25H27ClFNO6. The molecule has 0 saturated carbocycles. The van der Waals surface area contributed by atoms with E-state index in [0.717, 1.165) is 0 Å². The quantitative estimate of drug-likeness (QED) is 0.410. The maximum atomic E-state index is 14.6. The van der Waals surface area contributed by atoms with Crippen LogP contribution in [0.3, 0.4) is 0 Å². The van der Waals surface area contributed by atoms with Crippen LogP contribution in [0.1, 0.15) is 41.4 Å². The van der Waals surface area contributed by atoms with Gasteiger partial charge in [-0.1, -0.05) is 37.6 Å². The Morgan fingerprint density at radius 2 is 1.97 bits per heavy atom. The lowest BCUT2D eigenvalue weighted by Gasteiger charge is -2.26. The maximum absolute atomic E-state index is 14.6. The van der Waals surface area contributed by atoms with E-state index < -0.39 is 28.8 Å². The van der Waals surface area contributed by atoms with Gasteiger partial charge in [0.25, 0.3) is 0 Å². The van der Waals surface area contributed by atoms with Gasteiger partial charge in [-0.05, 0) is 35.2 Å². The average Bonchev–Trinajstić information content (AvgIpc) is 2.78. The summed E-state index contributed by atoms with van der Waals surface area (Å²) in [6.07, 6.45) is 1.35. The largest absolute Gasteiger partial charge is 0.489 e. The molecule has 0 aliphatic rings. The topological polar surface area (TPSA) is 98.0 Å². The minimum absolute atomic E-state index is 0.0203. The summed E-state index contributed by atoms with van der Waals surface area (Å²) in [5.41, 5.74) is 0.0936. The molecule has 0 radical (unpaired) electrons. The smallest absolute Gasteiger partial charge is 0.341 e. The zero-order chi connectivity index (χ0) is 25.0. The molecular weight excluding hydrogens is 465 g/mol. The SMILES string of the molecule is COCCOc1cc(Cc2cccc(Cl)c2F)cc2c(=O)c(C(=O)O)cn([C@H](CO)C(C)C)c12. The Labute approximate surface area is 201 Å². The van der Waals surface area contributed by atoms with Gasteiger partial charge in [0.1, 0.15) is 23.7 Å². The minimum Gasteiger partial charge on any atom is -0.489 e. The van der Waals surface area contributed by atoms with Crippen LogP contribution in [0.2, 0.25) is 5.02 Å². The number of methoxy groups -OCH3 is 1. The van der Waals surface area contributed by atoms with Gasteiger partial charge in [-0.15, -0.1) is 0 Å². The summed E-state index contributed by atoms with van der Waals surface area (Å²) in [5, 5.41) is 19.8. The summed E-state index contributed by atoms with van der Waals surface area (Å²) in [4.78, 5) is 25.0. The number of carboxylic acid groups (broad SMARTS) is 1. The van der Waals surface area contributed by atoms with Crippen LogP contribution in [0, 0.1) is 11.7 Å². The lowest BCUT2D eigenvalue weighted by atomic mass is 9.98. The highest BCUT2D eigenvalue weighted by atomic mass is 35.5. The van der Waals surface area contributed by atoms with Crippen molar-refractivity contribution in [1.82, 2.24) is 4.57 Å². The Morgan fingerprint density at radius 1 is 1.24 bits per heavy atom. The third-order valence-corrected chi connectivity index (χ3v) is 5.96. The number of ether oxygens (including phenoxy) is 2. The van der Waals surface area contributed by atoms with Crippen molar-refractivity contribution < 1.29 is 28.9 Å². The minimum atomic E-state index is -1.38. The number of aliphatic hydroxyl groups is 1. The molecule has 0 spiro atoms. The van der Waals surface area contributed by atoms with Crippen molar-refractivity contribution in [2.75, 3.05) is 26.9 Å². The fraction of sp³-hybridized carbons (Fsp3) is 0.360. The van der Waals surface area contributed by atoms with Crippen molar-refractivity contribution in [2.24, 2.45) is 5.92 Å². The molecule has 0 unspecified atom stereocenters. The van der Waals surface area contributed by atoms with Crippen molar-refractivity contribution in [2.45, 2.75) is 26.3 Å².